The molecule has 0 radical (unpaired) electrons. The standard InChI is InChI=1S/C11H19N/c1-9-8-11(2,3)7-6-10(9)12(4)5/h6-8,10H,1-5H3. The fraction of sp³-hybridized carbons (Fsp3) is 0.636. The smallest absolute Gasteiger partial charge is 0.0483 e. The molecule has 1 heteroatoms. The second kappa shape index (κ2) is 3.06. The third-order valence-corrected chi connectivity index (χ3v) is 2.33. The molecule has 1 aliphatic rings. The zero-order valence-corrected chi connectivity index (χ0v) is 8.76. The SMILES string of the molecule is CC1=CC(C)(C)C=CC1N(C)C. The van der Waals surface area contributed by atoms with E-state index in [9.17, 15) is 0 Å². The number of rotatable bonds is 1. The van der Waals surface area contributed by atoms with E-state index in [2.05, 4.69) is 58.0 Å². The normalized spacial score (nSPS) is 27.5. The number of hydrogen-bond acceptors (Lipinski definition) is 1. The van der Waals surface area contributed by atoms with E-state index >= 15 is 0 Å². The van der Waals surface area contributed by atoms with Crippen LogP contribution in [0.25, 0.3) is 0 Å². The topological polar surface area (TPSA) is 3.24 Å². The molecule has 1 rings (SSSR count). The van der Waals surface area contributed by atoms with Crippen molar-refractivity contribution in [2.24, 2.45) is 5.41 Å². The molecule has 0 N–H and O–H groups in total. The highest BCUT2D eigenvalue weighted by atomic mass is 15.1. The van der Waals surface area contributed by atoms with Crippen LogP contribution in [0.1, 0.15) is 20.8 Å². The molecule has 68 valence electrons. The Morgan fingerprint density at radius 3 is 2.33 bits per heavy atom. The number of nitrogens with zero attached hydrogens (tertiary/aromatic N) is 1. The van der Waals surface area contributed by atoms with E-state index in [1.807, 2.05) is 0 Å². The van der Waals surface area contributed by atoms with Gasteiger partial charge in [-0.3, -0.25) is 4.90 Å². The van der Waals surface area contributed by atoms with E-state index in [0.717, 1.165) is 0 Å². The van der Waals surface area contributed by atoms with Gasteiger partial charge in [-0.15, -0.1) is 0 Å². The first-order valence-electron chi connectivity index (χ1n) is 4.47. The van der Waals surface area contributed by atoms with Gasteiger partial charge in [0.15, 0.2) is 0 Å². The summed E-state index contributed by atoms with van der Waals surface area (Å²) in [4.78, 5) is 2.23. The molecule has 1 unspecified atom stereocenters. The molecule has 1 nitrogen and oxygen atoms in total. The molecule has 1 atom stereocenters. The van der Waals surface area contributed by atoms with E-state index in [-0.39, 0.29) is 5.41 Å². The molecule has 12 heavy (non-hydrogen) atoms. The molecular formula is C11H19N. The minimum atomic E-state index is 0.247. The van der Waals surface area contributed by atoms with Crippen LogP contribution in [-0.4, -0.2) is 25.0 Å². The van der Waals surface area contributed by atoms with Crippen molar-refractivity contribution >= 4 is 0 Å². The Bertz CT molecular complexity index is 221. The molecule has 0 saturated carbocycles. The maximum atomic E-state index is 2.34. The fourth-order valence-corrected chi connectivity index (χ4v) is 1.79. The van der Waals surface area contributed by atoms with Crippen molar-refractivity contribution < 1.29 is 0 Å². The lowest BCUT2D eigenvalue weighted by atomic mass is 9.83. The molecule has 0 amide bonds. The van der Waals surface area contributed by atoms with Crippen molar-refractivity contribution in [2.75, 3.05) is 14.1 Å². The van der Waals surface area contributed by atoms with Gasteiger partial charge in [-0.05, 0) is 21.0 Å². The number of hydrogen-bond donors (Lipinski definition) is 0. The molecule has 0 spiro atoms. The van der Waals surface area contributed by atoms with Crippen LogP contribution in [0.2, 0.25) is 0 Å². The van der Waals surface area contributed by atoms with Crippen LogP contribution >= 0.6 is 0 Å². The molecule has 0 fully saturated rings. The summed E-state index contributed by atoms with van der Waals surface area (Å²) in [5.74, 6) is 0. The minimum absolute atomic E-state index is 0.247. The fourth-order valence-electron chi connectivity index (χ4n) is 1.79. The lowest BCUT2D eigenvalue weighted by Crippen LogP contribution is -2.30. The molecule has 0 aromatic carbocycles. The first-order chi connectivity index (χ1) is 5.42. The summed E-state index contributed by atoms with van der Waals surface area (Å²) in [7, 11) is 4.23. The molecule has 0 aliphatic heterocycles. The zero-order chi connectivity index (χ0) is 9.35. The molecule has 0 heterocycles. The van der Waals surface area contributed by atoms with Gasteiger partial charge in [-0.25, -0.2) is 0 Å². The molecule has 0 saturated heterocycles. The van der Waals surface area contributed by atoms with Gasteiger partial charge in [0, 0.05) is 11.5 Å². The summed E-state index contributed by atoms with van der Waals surface area (Å²) in [5.41, 5.74) is 1.70. The van der Waals surface area contributed by atoms with E-state index < -0.39 is 0 Å². The van der Waals surface area contributed by atoms with Crippen molar-refractivity contribution in [3.05, 3.63) is 23.8 Å². The Balaban J connectivity index is 2.83. The minimum Gasteiger partial charge on any atom is -0.299 e. The van der Waals surface area contributed by atoms with Crippen LogP contribution in [0.15, 0.2) is 23.8 Å². The molecule has 0 aromatic rings. The Morgan fingerprint density at radius 1 is 1.33 bits per heavy atom. The van der Waals surface area contributed by atoms with E-state index in [1.165, 1.54) is 5.57 Å². The van der Waals surface area contributed by atoms with Gasteiger partial charge in [0.25, 0.3) is 0 Å². The second-order valence-corrected chi connectivity index (χ2v) is 4.48. The van der Waals surface area contributed by atoms with E-state index in [0.29, 0.717) is 6.04 Å². The largest absolute Gasteiger partial charge is 0.299 e. The van der Waals surface area contributed by atoms with Gasteiger partial charge in [0.2, 0.25) is 0 Å². The molecular weight excluding hydrogens is 146 g/mol. The van der Waals surface area contributed by atoms with Crippen LogP contribution in [0.4, 0.5) is 0 Å². The number of likely N-dealkylation sites (N-methyl/N-ethyl adjacent to an activating group) is 1. The quantitative estimate of drug-likeness (QED) is 0.539. The average molecular weight is 165 g/mol. The summed E-state index contributed by atoms with van der Waals surface area (Å²) < 4.78 is 0. The third kappa shape index (κ3) is 1.98. The second-order valence-electron chi connectivity index (χ2n) is 4.48. The number of allylic oxidation sites excluding steroid dienone is 2. The third-order valence-electron chi connectivity index (χ3n) is 2.33. The lowest BCUT2D eigenvalue weighted by Gasteiger charge is -2.30. The maximum Gasteiger partial charge on any atom is 0.0483 e. The lowest BCUT2D eigenvalue weighted by molar-refractivity contribution is 0.367. The first-order valence-corrected chi connectivity index (χ1v) is 4.47. The first kappa shape index (κ1) is 9.53. The summed E-state index contributed by atoms with van der Waals surface area (Å²) >= 11 is 0. The Labute approximate surface area is 75.8 Å². The molecule has 0 aromatic heterocycles. The predicted octanol–water partition coefficient (Wildman–Crippen LogP) is 2.46. The summed E-state index contributed by atoms with van der Waals surface area (Å²) in [6.45, 7) is 6.67. The highest BCUT2D eigenvalue weighted by Crippen LogP contribution is 2.28. The summed E-state index contributed by atoms with van der Waals surface area (Å²) in [5, 5.41) is 0. The monoisotopic (exact) mass is 165 g/mol. The van der Waals surface area contributed by atoms with Crippen LogP contribution < -0.4 is 0 Å². The van der Waals surface area contributed by atoms with Crippen LogP contribution in [0.5, 0.6) is 0 Å². The van der Waals surface area contributed by atoms with Gasteiger partial charge in [-0.1, -0.05) is 37.6 Å². The zero-order valence-electron chi connectivity index (χ0n) is 8.76. The van der Waals surface area contributed by atoms with Crippen LogP contribution in [0.3, 0.4) is 0 Å². The van der Waals surface area contributed by atoms with Crippen molar-refractivity contribution in [1.82, 2.24) is 4.90 Å². The van der Waals surface area contributed by atoms with Gasteiger partial charge < -0.3 is 0 Å². The molecule has 0 bridgehead atoms. The highest BCUT2D eigenvalue weighted by Gasteiger charge is 2.20. The predicted molar refractivity (Wildman–Crippen MR) is 54.2 cm³/mol. The van der Waals surface area contributed by atoms with Crippen LogP contribution in [-0.2, 0) is 0 Å². The highest BCUT2D eigenvalue weighted by molar-refractivity contribution is 5.27. The molecule has 1 aliphatic carbocycles. The van der Waals surface area contributed by atoms with Gasteiger partial charge in [0.05, 0.1) is 0 Å². The Hall–Kier alpha value is -0.560. The Kier molecular flexibility index (Phi) is 2.43. The van der Waals surface area contributed by atoms with Crippen molar-refractivity contribution in [3.8, 4) is 0 Å². The average Bonchev–Trinajstić information content (AvgIpc) is 1.83. The summed E-state index contributed by atoms with van der Waals surface area (Å²) in [6.07, 6.45) is 6.91. The van der Waals surface area contributed by atoms with Crippen LogP contribution in [0, 0.1) is 5.41 Å². The van der Waals surface area contributed by atoms with Crippen molar-refractivity contribution in [3.63, 3.8) is 0 Å². The Morgan fingerprint density at radius 2 is 1.92 bits per heavy atom. The maximum absolute atomic E-state index is 2.34. The van der Waals surface area contributed by atoms with Gasteiger partial charge in [0.1, 0.15) is 0 Å². The van der Waals surface area contributed by atoms with Gasteiger partial charge in [-0.2, -0.15) is 0 Å². The van der Waals surface area contributed by atoms with Crippen molar-refractivity contribution in [1.29, 1.82) is 0 Å². The van der Waals surface area contributed by atoms with E-state index in [4.69, 9.17) is 0 Å². The van der Waals surface area contributed by atoms with Gasteiger partial charge >= 0.3 is 0 Å². The van der Waals surface area contributed by atoms with E-state index in [1.54, 1.807) is 0 Å². The summed E-state index contributed by atoms with van der Waals surface area (Å²) in [6, 6.07) is 0.498. The van der Waals surface area contributed by atoms with Crippen molar-refractivity contribution in [2.45, 2.75) is 26.8 Å².